The summed E-state index contributed by atoms with van der Waals surface area (Å²) in [5, 5.41) is 8.49. The van der Waals surface area contributed by atoms with Gasteiger partial charge in [0.25, 0.3) is 15.9 Å². The largest absolute Gasteiger partial charge is 0.446 e. The molecule has 7 rings (SSSR count). The Kier molecular flexibility index (Phi) is 12.2. The Bertz CT molecular complexity index is 2020. The molecular formula is C39H49FN8O9S. The van der Waals surface area contributed by atoms with Gasteiger partial charge in [-0.15, -0.1) is 6.58 Å². The Morgan fingerprint density at radius 1 is 0.948 bits per heavy atom. The minimum atomic E-state index is -4.66. The van der Waals surface area contributed by atoms with Crippen LogP contribution in [0.1, 0.15) is 88.4 Å². The molecule has 2 aliphatic carbocycles. The van der Waals surface area contributed by atoms with Gasteiger partial charge in [0.05, 0.1) is 36.7 Å². The second kappa shape index (κ2) is 17.3. The highest BCUT2D eigenvalue weighted by atomic mass is 32.2. The van der Waals surface area contributed by atoms with Crippen molar-refractivity contribution < 1.29 is 46.3 Å². The van der Waals surface area contributed by atoms with Gasteiger partial charge in [-0.1, -0.05) is 31.8 Å². The Labute approximate surface area is 335 Å². The Morgan fingerprint density at radius 2 is 1.64 bits per heavy atom. The summed E-state index contributed by atoms with van der Waals surface area (Å²) in [5.74, 6) is -3.99. The highest BCUT2D eigenvalue weighted by Gasteiger charge is 2.61. The van der Waals surface area contributed by atoms with E-state index in [1.807, 2.05) is 4.72 Å². The van der Waals surface area contributed by atoms with Crippen molar-refractivity contribution >= 4 is 45.6 Å². The quantitative estimate of drug-likeness (QED) is 0.326. The van der Waals surface area contributed by atoms with Crippen molar-refractivity contribution in [2.24, 2.45) is 5.92 Å². The normalized spacial score (nSPS) is 27.9. The molecule has 4 heterocycles. The van der Waals surface area contributed by atoms with Gasteiger partial charge in [-0.2, -0.15) is 0 Å². The molecule has 1 aromatic carbocycles. The molecule has 0 unspecified atom stereocenters. The van der Waals surface area contributed by atoms with E-state index in [9.17, 15) is 36.8 Å². The molecule has 1 spiro atoms. The van der Waals surface area contributed by atoms with Crippen LogP contribution in [-0.2, 0) is 47.0 Å². The third kappa shape index (κ3) is 9.03. The molecule has 2 saturated carbocycles. The molecule has 2 aromatic rings. The number of amides is 5. The number of halogens is 1. The monoisotopic (exact) mass is 824 g/mol. The van der Waals surface area contributed by atoms with Crippen molar-refractivity contribution in [1.82, 2.24) is 35.1 Å². The summed E-state index contributed by atoms with van der Waals surface area (Å²) in [7, 11) is -4.66. The Hall–Kier alpha value is -5.33. The standard InChI is InChI=1S/C39H49FN8O9S/c1-2-24-20-39(24)36(51)46-58(54,55)33-18-25(40)13-14-28(33)41-15-9-5-3-4-6-12-29(44-37(52)56-26-10-7-8-11-26)35(50)48-21-27(19-32(48)34(49)45-39)57-38(53)47-22-30-31(23-47)43-17-16-42-30/h2,13-14,16-18,24,26-27,29,32,41H,1,3-12,15,19-23H2,(H,44,52)(H,45,49)(H,46,51)/t24-,27-,29+,32+,39-/m1/s1. The molecular weight excluding hydrogens is 776 g/mol. The molecule has 312 valence electrons. The number of aromatic nitrogens is 2. The maximum Gasteiger partial charge on any atom is 0.410 e. The number of nitrogens with zero attached hydrogens (tertiary/aromatic N) is 4. The summed E-state index contributed by atoms with van der Waals surface area (Å²) in [6.45, 7) is 4.23. The van der Waals surface area contributed by atoms with Crippen LogP contribution in [0.3, 0.4) is 0 Å². The van der Waals surface area contributed by atoms with Crippen molar-refractivity contribution in [3.63, 3.8) is 0 Å². The number of ether oxygens (including phenoxy) is 2. The molecule has 0 radical (unpaired) electrons. The lowest BCUT2D eigenvalue weighted by atomic mass is 10.0. The van der Waals surface area contributed by atoms with Gasteiger partial charge in [0.1, 0.15) is 40.5 Å². The third-order valence-electron chi connectivity index (χ3n) is 11.6. The predicted molar refractivity (Wildman–Crippen MR) is 204 cm³/mol. The summed E-state index contributed by atoms with van der Waals surface area (Å²) in [6.07, 6.45) is 8.53. The summed E-state index contributed by atoms with van der Waals surface area (Å²) in [4.78, 5) is 80.2. The highest BCUT2D eigenvalue weighted by molar-refractivity contribution is 7.90. The van der Waals surface area contributed by atoms with Crippen LogP contribution in [0, 0.1) is 11.7 Å². The SMILES string of the molecule is C=C[C@@H]1C[C@@]12NC(=O)[C@@H]1C[C@@H](OC(=O)N3Cc4nccnc4C3)CN1C(=O)[C@@H](NC(=O)OC1CCCC1)CCCCCCCNc1ccc(F)cc1S(=O)(=O)NC2=O. The topological polar surface area (TPSA) is 218 Å². The number of carbonyl (C=O) groups excluding carboxylic acids is 5. The Balaban J connectivity index is 1.16. The van der Waals surface area contributed by atoms with Crippen LogP contribution in [0.2, 0.25) is 0 Å². The van der Waals surface area contributed by atoms with Gasteiger partial charge in [0.2, 0.25) is 11.8 Å². The lowest BCUT2D eigenvalue weighted by Crippen LogP contribution is -2.58. The number of rotatable bonds is 4. The van der Waals surface area contributed by atoms with Crippen LogP contribution in [-0.4, -0.2) is 101 Å². The number of fused-ring (bicyclic) bond motifs is 3. The zero-order chi connectivity index (χ0) is 41.0. The lowest BCUT2D eigenvalue weighted by molar-refractivity contribution is -0.141. The van der Waals surface area contributed by atoms with E-state index in [1.54, 1.807) is 0 Å². The first-order valence-corrected chi connectivity index (χ1v) is 21.4. The van der Waals surface area contributed by atoms with Crippen molar-refractivity contribution in [1.29, 1.82) is 0 Å². The molecule has 3 aliphatic heterocycles. The molecule has 5 atom stereocenters. The summed E-state index contributed by atoms with van der Waals surface area (Å²) < 4.78 is 55.3. The number of hydrogen-bond donors (Lipinski definition) is 4. The van der Waals surface area contributed by atoms with Crippen LogP contribution in [0.5, 0.6) is 0 Å². The fourth-order valence-corrected chi connectivity index (χ4v) is 9.52. The first kappa shape index (κ1) is 40.9. The van der Waals surface area contributed by atoms with E-state index < -0.39 is 80.3 Å². The van der Waals surface area contributed by atoms with Crippen LogP contribution >= 0.6 is 0 Å². The zero-order valence-corrected chi connectivity index (χ0v) is 32.9. The van der Waals surface area contributed by atoms with Crippen molar-refractivity contribution in [2.75, 3.05) is 18.4 Å². The van der Waals surface area contributed by atoms with Gasteiger partial charge >= 0.3 is 12.2 Å². The van der Waals surface area contributed by atoms with Gasteiger partial charge in [-0.05, 0) is 63.1 Å². The second-order valence-corrected chi connectivity index (χ2v) is 17.3. The third-order valence-corrected chi connectivity index (χ3v) is 12.9. The number of anilines is 1. The van der Waals surface area contributed by atoms with E-state index in [4.69, 9.17) is 9.47 Å². The minimum absolute atomic E-state index is 0.00822. The first-order valence-electron chi connectivity index (χ1n) is 19.9. The average Bonchev–Trinajstić information content (AvgIpc) is 3.59. The van der Waals surface area contributed by atoms with Gasteiger partial charge in [0, 0.05) is 31.3 Å². The van der Waals surface area contributed by atoms with Crippen LogP contribution in [0.15, 0.2) is 48.1 Å². The maximum absolute atomic E-state index is 14.5. The predicted octanol–water partition coefficient (Wildman–Crippen LogP) is 3.41. The molecule has 0 bridgehead atoms. The fraction of sp³-hybridized carbons (Fsp3) is 0.564. The van der Waals surface area contributed by atoms with Gasteiger partial charge in [-0.3, -0.25) is 29.3 Å². The maximum atomic E-state index is 14.5. The summed E-state index contributed by atoms with van der Waals surface area (Å²) >= 11 is 0. The van der Waals surface area contributed by atoms with E-state index in [2.05, 4.69) is 32.5 Å². The smallest absolute Gasteiger partial charge is 0.410 e. The molecule has 4 N–H and O–H groups in total. The molecule has 1 saturated heterocycles. The van der Waals surface area contributed by atoms with Crippen LogP contribution in [0.25, 0.3) is 0 Å². The number of alkyl carbamates (subject to hydrolysis) is 1. The average molecular weight is 825 g/mol. The van der Waals surface area contributed by atoms with Gasteiger partial charge in [0.15, 0.2) is 0 Å². The van der Waals surface area contributed by atoms with Gasteiger partial charge < -0.3 is 30.3 Å². The number of carbonyl (C=O) groups is 5. The number of nitrogens with one attached hydrogen (secondary N) is 4. The highest BCUT2D eigenvalue weighted by Crippen LogP contribution is 2.45. The number of hydrogen-bond acceptors (Lipinski definition) is 12. The first-order chi connectivity index (χ1) is 27.9. The molecule has 17 nitrogen and oxygen atoms in total. The second-order valence-electron chi connectivity index (χ2n) is 15.6. The molecule has 1 aromatic heterocycles. The summed E-state index contributed by atoms with van der Waals surface area (Å²) in [5.41, 5.74) is -0.427. The molecule has 5 aliphatic rings. The van der Waals surface area contributed by atoms with E-state index in [0.29, 0.717) is 37.2 Å². The van der Waals surface area contributed by atoms with E-state index in [0.717, 1.165) is 50.7 Å². The van der Waals surface area contributed by atoms with Gasteiger partial charge in [-0.25, -0.2) is 27.1 Å². The van der Waals surface area contributed by atoms with E-state index >= 15 is 0 Å². The van der Waals surface area contributed by atoms with Crippen LogP contribution in [0.4, 0.5) is 19.7 Å². The van der Waals surface area contributed by atoms with Crippen molar-refractivity contribution in [2.45, 2.75) is 125 Å². The molecule has 3 fully saturated rings. The fourth-order valence-electron chi connectivity index (χ4n) is 8.29. The van der Waals surface area contributed by atoms with E-state index in [-0.39, 0.29) is 50.7 Å². The van der Waals surface area contributed by atoms with Crippen LogP contribution < -0.4 is 20.7 Å². The zero-order valence-electron chi connectivity index (χ0n) is 32.1. The van der Waals surface area contributed by atoms with Crippen molar-refractivity contribution in [3.05, 3.63) is 60.5 Å². The number of benzene rings is 1. The minimum Gasteiger partial charge on any atom is -0.446 e. The number of sulfonamides is 1. The molecule has 58 heavy (non-hydrogen) atoms. The Morgan fingerprint density at radius 3 is 2.34 bits per heavy atom. The molecule has 5 amide bonds. The molecule has 19 heteroatoms. The van der Waals surface area contributed by atoms with E-state index in [1.165, 1.54) is 34.3 Å². The summed E-state index contributed by atoms with van der Waals surface area (Å²) in [6, 6.07) is 0.841. The lowest BCUT2D eigenvalue weighted by Gasteiger charge is -2.30. The van der Waals surface area contributed by atoms with Crippen molar-refractivity contribution in [3.8, 4) is 0 Å².